The minimum absolute atomic E-state index is 0.166. The van der Waals surface area contributed by atoms with E-state index in [2.05, 4.69) is 42.4 Å². The molecule has 0 fully saturated rings. The summed E-state index contributed by atoms with van der Waals surface area (Å²) in [5.74, 6) is 2.19. The molecule has 5 rings (SSSR count). The molecule has 10 heteroatoms. The largest absolute Gasteiger partial charge is 0.493 e. The van der Waals surface area contributed by atoms with Gasteiger partial charge in [-0.1, -0.05) is 22.0 Å². The predicted octanol–water partition coefficient (Wildman–Crippen LogP) is 6.04. The van der Waals surface area contributed by atoms with E-state index in [1.54, 1.807) is 31.4 Å². The van der Waals surface area contributed by atoms with Crippen molar-refractivity contribution in [3.8, 4) is 23.0 Å². The molecule has 1 amide bonds. The highest BCUT2D eigenvalue weighted by atomic mass is 79.9. The van der Waals surface area contributed by atoms with E-state index in [4.69, 9.17) is 23.4 Å². The summed E-state index contributed by atoms with van der Waals surface area (Å²) in [6, 6.07) is 16.4. The molecule has 3 aromatic carbocycles. The number of hydrogen-bond acceptors (Lipinski definition) is 7. The van der Waals surface area contributed by atoms with Gasteiger partial charge in [-0.15, -0.1) is 0 Å². The van der Waals surface area contributed by atoms with Crippen molar-refractivity contribution in [1.82, 2.24) is 5.43 Å². The fourth-order valence-corrected chi connectivity index (χ4v) is 4.26. The third-order valence-electron chi connectivity index (χ3n) is 5.19. The van der Waals surface area contributed by atoms with Crippen molar-refractivity contribution in [1.29, 1.82) is 0 Å². The first-order valence-electron chi connectivity index (χ1n) is 10.4. The summed E-state index contributed by atoms with van der Waals surface area (Å²) in [5.41, 5.74) is 4.71. The molecule has 1 N–H and O–H groups in total. The van der Waals surface area contributed by atoms with E-state index in [1.165, 1.54) is 6.21 Å². The van der Waals surface area contributed by atoms with Crippen LogP contribution in [0.25, 0.3) is 11.0 Å². The predicted molar refractivity (Wildman–Crippen MR) is 137 cm³/mol. The Labute approximate surface area is 217 Å². The number of benzene rings is 3. The van der Waals surface area contributed by atoms with Crippen LogP contribution in [-0.4, -0.2) is 26.0 Å². The van der Waals surface area contributed by atoms with Crippen LogP contribution < -0.4 is 24.4 Å². The maximum atomic E-state index is 12.4. The average Bonchev–Trinajstić information content (AvgIpc) is 3.50. The number of hydrogen-bond donors (Lipinski definition) is 1. The first-order valence-corrected chi connectivity index (χ1v) is 12.0. The summed E-state index contributed by atoms with van der Waals surface area (Å²) in [7, 11) is 1.55. The normalized spacial score (nSPS) is 12.3. The highest BCUT2D eigenvalue weighted by molar-refractivity contribution is 9.10. The summed E-state index contributed by atoms with van der Waals surface area (Å²) >= 11 is 6.92. The monoisotopic (exact) mass is 600 g/mol. The maximum absolute atomic E-state index is 12.4. The van der Waals surface area contributed by atoms with Gasteiger partial charge in [0, 0.05) is 19.9 Å². The van der Waals surface area contributed by atoms with E-state index in [1.807, 2.05) is 30.3 Å². The second-order valence-electron chi connectivity index (χ2n) is 7.49. The number of nitrogens with zero attached hydrogens (tertiary/aromatic N) is 1. The number of amides is 1. The number of hydrazone groups is 1. The van der Waals surface area contributed by atoms with E-state index in [0.29, 0.717) is 39.5 Å². The zero-order valence-electron chi connectivity index (χ0n) is 18.3. The zero-order chi connectivity index (χ0) is 24.4. The number of rotatable bonds is 7. The second kappa shape index (κ2) is 10.0. The fourth-order valence-electron chi connectivity index (χ4n) is 3.46. The molecule has 1 aliphatic heterocycles. The second-order valence-corrected chi connectivity index (χ2v) is 9.26. The van der Waals surface area contributed by atoms with E-state index < -0.39 is 5.91 Å². The molecule has 0 spiro atoms. The molecule has 0 bridgehead atoms. The lowest BCUT2D eigenvalue weighted by atomic mass is 10.2. The molecule has 35 heavy (non-hydrogen) atoms. The quantitative estimate of drug-likeness (QED) is 0.205. The average molecular weight is 602 g/mol. The highest BCUT2D eigenvalue weighted by Crippen LogP contribution is 2.35. The van der Waals surface area contributed by atoms with Gasteiger partial charge in [0.15, 0.2) is 28.8 Å². The first kappa shape index (κ1) is 23.3. The Hall–Kier alpha value is -3.50. The SMILES string of the molecule is COc1cc(/C=N/NC(=O)c2cc3cc(Br)ccc3o2)c(Br)cc1OCc1ccc2c(c1)OCO2. The highest BCUT2D eigenvalue weighted by Gasteiger charge is 2.15. The van der Waals surface area contributed by atoms with Crippen molar-refractivity contribution < 1.29 is 28.2 Å². The topological polar surface area (TPSA) is 91.5 Å². The van der Waals surface area contributed by atoms with Crippen LogP contribution in [-0.2, 0) is 6.61 Å². The summed E-state index contributed by atoms with van der Waals surface area (Å²) in [4.78, 5) is 12.4. The maximum Gasteiger partial charge on any atom is 0.307 e. The van der Waals surface area contributed by atoms with E-state index in [-0.39, 0.29) is 12.6 Å². The molecule has 0 unspecified atom stereocenters. The number of nitrogens with one attached hydrogen (secondary N) is 1. The van der Waals surface area contributed by atoms with Gasteiger partial charge in [0.05, 0.1) is 13.3 Å². The van der Waals surface area contributed by atoms with Gasteiger partial charge in [-0.2, -0.15) is 5.10 Å². The van der Waals surface area contributed by atoms with Crippen molar-refractivity contribution in [3.05, 3.63) is 80.4 Å². The molecule has 1 aliphatic rings. The van der Waals surface area contributed by atoms with Crippen LogP contribution in [0.1, 0.15) is 21.7 Å². The smallest absolute Gasteiger partial charge is 0.307 e. The Morgan fingerprint density at radius 2 is 1.91 bits per heavy atom. The van der Waals surface area contributed by atoms with Crippen molar-refractivity contribution >= 4 is 55.0 Å². The van der Waals surface area contributed by atoms with Crippen LogP contribution in [0, 0.1) is 0 Å². The van der Waals surface area contributed by atoms with Crippen molar-refractivity contribution in [2.45, 2.75) is 6.61 Å². The lowest BCUT2D eigenvalue weighted by Gasteiger charge is -2.13. The van der Waals surface area contributed by atoms with Gasteiger partial charge < -0.3 is 23.4 Å². The molecule has 0 aliphatic carbocycles. The summed E-state index contributed by atoms with van der Waals surface area (Å²) in [5, 5.41) is 4.87. The zero-order valence-corrected chi connectivity index (χ0v) is 21.5. The Morgan fingerprint density at radius 3 is 2.77 bits per heavy atom. The molecule has 0 saturated carbocycles. The molecule has 0 atom stereocenters. The van der Waals surface area contributed by atoms with Crippen molar-refractivity contribution in [3.63, 3.8) is 0 Å². The number of carbonyl (C=O) groups is 1. The standard InChI is InChI=1S/C25H18Br2N2O6/c1-31-21-9-16(11-28-29-25(30)24-8-15-7-17(26)3-5-19(15)35-24)18(27)10-23(21)32-12-14-2-4-20-22(6-14)34-13-33-20/h2-11H,12-13H2,1H3,(H,29,30)/b28-11+. The van der Waals surface area contributed by atoms with Crippen LogP contribution in [0.2, 0.25) is 0 Å². The summed E-state index contributed by atoms with van der Waals surface area (Å²) in [6.07, 6.45) is 1.51. The van der Waals surface area contributed by atoms with Crippen molar-refractivity contribution in [2.24, 2.45) is 5.10 Å². The number of furan rings is 1. The molecular formula is C25H18Br2N2O6. The van der Waals surface area contributed by atoms with Gasteiger partial charge in [-0.25, -0.2) is 5.43 Å². The minimum atomic E-state index is -0.458. The van der Waals surface area contributed by atoms with Crippen LogP contribution in [0.5, 0.6) is 23.0 Å². The van der Waals surface area contributed by atoms with Gasteiger partial charge in [-0.05, 0) is 70.0 Å². The molecule has 4 aromatic rings. The molecule has 0 saturated heterocycles. The van der Waals surface area contributed by atoms with E-state index in [9.17, 15) is 4.79 Å². The molecule has 8 nitrogen and oxygen atoms in total. The van der Waals surface area contributed by atoms with E-state index >= 15 is 0 Å². The Balaban J connectivity index is 1.26. The Kier molecular flexibility index (Phi) is 6.65. The number of methoxy groups -OCH3 is 1. The fraction of sp³-hybridized carbons (Fsp3) is 0.120. The van der Waals surface area contributed by atoms with Gasteiger partial charge in [0.1, 0.15) is 12.2 Å². The van der Waals surface area contributed by atoms with Crippen LogP contribution in [0.15, 0.2) is 73.1 Å². The van der Waals surface area contributed by atoms with E-state index in [0.717, 1.165) is 21.2 Å². The third kappa shape index (κ3) is 5.13. The van der Waals surface area contributed by atoms with Gasteiger partial charge in [-0.3, -0.25) is 4.79 Å². The lowest BCUT2D eigenvalue weighted by molar-refractivity contribution is 0.0929. The van der Waals surface area contributed by atoms with Gasteiger partial charge >= 0.3 is 5.91 Å². The number of fused-ring (bicyclic) bond motifs is 2. The van der Waals surface area contributed by atoms with Gasteiger partial charge in [0.25, 0.3) is 0 Å². The van der Waals surface area contributed by atoms with Crippen molar-refractivity contribution in [2.75, 3.05) is 13.9 Å². The van der Waals surface area contributed by atoms with Crippen LogP contribution in [0.3, 0.4) is 0 Å². The van der Waals surface area contributed by atoms with Crippen LogP contribution in [0.4, 0.5) is 0 Å². The third-order valence-corrected chi connectivity index (χ3v) is 6.37. The Bertz CT molecular complexity index is 1450. The summed E-state index contributed by atoms with van der Waals surface area (Å²) in [6.45, 7) is 0.539. The molecule has 178 valence electrons. The molecule has 2 heterocycles. The lowest BCUT2D eigenvalue weighted by Crippen LogP contribution is -2.16. The minimum Gasteiger partial charge on any atom is -0.493 e. The summed E-state index contributed by atoms with van der Waals surface area (Å²) < 4.78 is 29.4. The molecule has 1 aromatic heterocycles. The van der Waals surface area contributed by atoms with Crippen LogP contribution >= 0.6 is 31.9 Å². The molecule has 0 radical (unpaired) electrons. The number of halogens is 2. The number of carbonyl (C=O) groups excluding carboxylic acids is 1. The first-order chi connectivity index (χ1) is 17.0. The van der Waals surface area contributed by atoms with Gasteiger partial charge in [0.2, 0.25) is 6.79 Å². The molecular weight excluding hydrogens is 584 g/mol. The Morgan fingerprint density at radius 1 is 1.06 bits per heavy atom. The number of ether oxygens (including phenoxy) is 4.